The van der Waals surface area contributed by atoms with Gasteiger partial charge in [-0.3, -0.25) is 0 Å². The Morgan fingerprint density at radius 1 is 1.41 bits per heavy atom. The van der Waals surface area contributed by atoms with Crippen molar-refractivity contribution in [2.75, 3.05) is 5.43 Å². The van der Waals surface area contributed by atoms with E-state index in [1.165, 1.54) is 29.6 Å². The van der Waals surface area contributed by atoms with Crippen LogP contribution >= 0.6 is 23.3 Å². The molecule has 0 aromatic carbocycles. The highest BCUT2D eigenvalue weighted by Crippen LogP contribution is 2.29. The van der Waals surface area contributed by atoms with Crippen molar-refractivity contribution in [3.05, 3.63) is 24.9 Å². The zero-order valence-corrected chi connectivity index (χ0v) is 10.1. The molecule has 0 radical (unpaired) electrons. The number of fused-ring (bicyclic) bond motifs is 1. The third kappa shape index (κ3) is 1.95. The summed E-state index contributed by atoms with van der Waals surface area (Å²) in [5, 5.41) is 0.738. The Hall–Kier alpha value is -1.71. The Bertz CT molecular complexity index is 632. The number of hydrogen-bond acceptors (Lipinski definition) is 8. The topological polar surface area (TPSA) is 94.0 Å². The zero-order chi connectivity index (χ0) is 11.7. The van der Waals surface area contributed by atoms with Crippen molar-refractivity contribution in [2.24, 2.45) is 5.84 Å². The van der Waals surface area contributed by atoms with Crippen molar-refractivity contribution >= 4 is 34.8 Å². The van der Waals surface area contributed by atoms with Gasteiger partial charge in [-0.1, -0.05) is 0 Å². The molecule has 9 heteroatoms. The molecule has 0 aliphatic heterocycles. The fourth-order valence-electron chi connectivity index (χ4n) is 1.33. The highest BCUT2D eigenvalue weighted by molar-refractivity contribution is 8.01. The SMILES string of the molecule is NNc1cn2ccnc2c(Sc2ncns2)n1. The molecule has 0 unspecified atom stereocenters. The van der Waals surface area contributed by atoms with E-state index in [0.29, 0.717) is 5.82 Å². The summed E-state index contributed by atoms with van der Waals surface area (Å²) in [6.45, 7) is 0. The van der Waals surface area contributed by atoms with Crippen LogP contribution in [0.15, 0.2) is 34.3 Å². The van der Waals surface area contributed by atoms with Crippen molar-refractivity contribution < 1.29 is 0 Å². The maximum Gasteiger partial charge on any atom is 0.176 e. The third-order valence-electron chi connectivity index (χ3n) is 2.02. The van der Waals surface area contributed by atoms with Gasteiger partial charge in [0.25, 0.3) is 0 Å². The maximum atomic E-state index is 5.37. The predicted molar refractivity (Wildman–Crippen MR) is 64.8 cm³/mol. The lowest BCUT2D eigenvalue weighted by Crippen LogP contribution is -2.10. The van der Waals surface area contributed by atoms with E-state index in [1.54, 1.807) is 12.4 Å². The summed E-state index contributed by atoms with van der Waals surface area (Å²) in [4.78, 5) is 12.7. The summed E-state index contributed by atoms with van der Waals surface area (Å²) in [7, 11) is 0. The Morgan fingerprint density at radius 2 is 2.35 bits per heavy atom. The molecule has 7 nitrogen and oxygen atoms in total. The van der Waals surface area contributed by atoms with Crippen LogP contribution in [0.3, 0.4) is 0 Å². The highest BCUT2D eigenvalue weighted by Gasteiger charge is 2.10. The molecule has 3 aromatic rings. The summed E-state index contributed by atoms with van der Waals surface area (Å²) in [6.07, 6.45) is 6.83. The van der Waals surface area contributed by atoms with Crippen molar-refractivity contribution in [1.29, 1.82) is 0 Å². The lowest BCUT2D eigenvalue weighted by Gasteiger charge is -2.04. The molecule has 86 valence electrons. The second kappa shape index (κ2) is 4.28. The molecule has 3 N–H and O–H groups in total. The van der Waals surface area contributed by atoms with E-state index in [-0.39, 0.29) is 0 Å². The lowest BCUT2D eigenvalue weighted by molar-refractivity contribution is 1.02. The second-order valence-electron chi connectivity index (χ2n) is 3.04. The largest absolute Gasteiger partial charge is 0.307 e. The molecular weight excluding hydrogens is 258 g/mol. The van der Waals surface area contributed by atoms with Crippen LogP contribution in [0.2, 0.25) is 0 Å². The van der Waals surface area contributed by atoms with E-state index in [1.807, 2.05) is 10.6 Å². The number of aromatic nitrogens is 5. The van der Waals surface area contributed by atoms with Crippen LogP contribution in [-0.2, 0) is 0 Å². The first-order chi connectivity index (χ1) is 8.36. The number of nitrogens with two attached hydrogens (primary N) is 1. The molecule has 0 saturated carbocycles. The first-order valence-electron chi connectivity index (χ1n) is 4.61. The van der Waals surface area contributed by atoms with Crippen LogP contribution in [-0.4, -0.2) is 23.7 Å². The monoisotopic (exact) mass is 265 g/mol. The van der Waals surface area contributed by atoms with Gasteiger partial charge in [0.05, 0.1) is 6.20 Å². The predicted octanol–water partition coefficient (Wildman–Crippen LogP) is 1.02. The molecular formula is C8H7N7S2. The third-order valence-corrected chi connectivity index (χ3v) is 3.70. The zero-order valence-electron chi connectivity index (χ0n) is 8.44. The maximum absolute atomic E-state index is 5.37. The summed E-state index contributed by atoms with van der Waals surface area (Å²) in [5.41, 5.74) is 3.29. The number of nitrogens with zero attached hydrogens (tertiary/aromatic N) is 5. The summed E-state index contributed by atoms with van der Waals surface area (Å²) < 4.78 is 6.61. The number of anilines is 1. The number of nitrogens with one attached hydrogen (secondary N) is 1. The number of rotatable bonds is 3. The Morgan fingerprint density at radius 3 is 3.12 bits per heavy atom. The normalized spacial score (nSPS) is 10.9. The quantitative estimate of drug-likeness (QED) is 0.539. The molecule has 3 heterocycles. The minimum Gasteiger partial charge on any atom is -0.307 e. The molecule has 0 atom stereocenters. The standard InChI is InChI=1S/C8H7N7S2/c9-14-5-3-15-2-1-10-6(15)7(13-5)16-8-11-4-12-17-8/h1-4,14H,9H2. The summed E-state index contributed by atoms with van der Waals surface area (Å²) in [5.74, 6) is 5.94. The Kier molecular flexibility index (Phi) is 2.63. The first-order valence-corrected chi connectivity index (χ1v) is 6.20. The molecule has 0 aliphatic rings. The number of hydrogen-bond donors (Lipinski definition) is 2. The Labute approximate surface area is 104 Å². The van der Waals surface area contributed by atoms with Crippen LogP contribution in [0, 0.1) is 0 Å². The number of imidazole rings is 1. The van der Waals surface area contributed by atoms with Gasteiger partial charge in [-0.2, -0.15) is 4.37 Å². The van der Waals surface area contributed by atoms with Crippen LogP contribution in [0.4, 0.5) is 5.82 Å². The van der Waals surface area contributed by atoms with Crippen molar-refractivity contribution in [1.82, 2.24) is 23.7 Å². The average Bonchev–Trinajstić information content (AvgIpc) is 2.98. The van der Waals surface area contributed by atoms with Gasteiger partial charge in [0.2, 0.25) is 0 Å². The van der Waals surface area contributed by atoms with Gasteiger partial charge in [-0.05, 0) is 23.3 Å². The van der Waals surface area contributed by atoms with E-state index in [4.69, 9.17) is 5.84 Å². The van der Waals surface area contributed by atoms with Crippen LogP contribution in [0.5, 0.6) is 0 Å². The fraction of sp³-hybridized carbons (Fsp3) is 0. The van der Waals surface area contributed by atoms with Crippen molar-refractivity contribution in [2.45, 2.75) is 9.37 Å². The molecule has 3 rings (SSSR count). The second-order valence-corrected chi connectivity index (χ2v) is 5.06. The summed E-state index contributed by atoms with van der Waals surface area (Å²) in [6, 6.07) is 0. The molecule has 17 heavy (non-hydrogen) atoms. The number of nitrogen functional groups attached to an aromatic ring is 1. The van der Waals surface area contributed by atoms with E-state index in [9.17, 15) is 0 Å². The molecule has 0 bridgehead atoms. The molecule has 0 amide bonds. The van der Waals surface area contributed by atoms with Gasteiger partial charge >= 0.3 is 0 Å². The average molecular weight is 265 g/mol. The van der Waals surface area contributed by atoms with Crippen molar-refractivity contribution in [3.8, 4) is 0 Å². The van der Waals surface area contributed by atoms with Gasteiger partial charge < -0.3 is 9.83 Å². The lowest BCUT2D eigenvalue weighted by atomic mass is 10.6. The van der Waals surface area contributed by atoms with Gasteiger partial charge in [-0.25, -0.2) is 20.8 Å². The fourth-order valence-corrected chi connectivity index (χ4v) is 2.78. The van der Waals surface area contributed by atoms with Gasteiger partial charge in [0.1, 0.15) is 11.4 Å². The smallest absolute Gasteiger partial charge is 0.176 e. The van der Waals surface area contributed by atoms with Crippen LogP contribution in [0.25, 0.3) is 5.65 Å². The van der Waals surface area contributed by atoms with Gasteiger partial charge in [-0.15, -0.1) is 0 Å². The van der Waals surface area contributed by atoms with Crippen molar-refractivity contribution in [3.63, 3.8) is 0 Å². The minimum absolute atomic E-state index is 0.572. The van der Waals surface area contributed by atoms with E-state index < -0.39 is 0 Å². The van der Waals surface area contributed by atoms with Gasteiger partial charge in [0, 0.05) is 12.4 Å². The molecule has 0 saturated heterocycles. The first kappa shape index (κ1) is 10.4. The minimum atomic E-state index is 0.572. The number of hydrazine groups is 1. The molecule has 0 fully saturated rings. The molecule has 0 spiro atoms. The molecule has 0 aliphatic carbocycles. The Balaban J connectivity index is 2.10. The van der Waals surface area contributed by atoms with E-state index in [0.717, 1.165) is 15.0 Å². The summed E-state index contributed by atoms with van der Waals surface area (Å²) >= 11 is 2.73. The van der Waals surface area contributed by atoms with Crippen LogP contribution < -0.4 is 11.3 Å². The molecule has 3 aromatic heterocycles. The highest BCUT2D eigenvalue weighted by atomic mass is 32.2. The van der Waals surface area contributed by atoms with Gasteiger partial charge in [0.15, 0.2) is 15.8 Å². The van der Waals surface area contributed by atoms with E-state index >= 15 is 0 Å². The van der Waals surface area contributed by atoms with E-state index in [2.05, 4.69) is 24.8 Å². The van der Waals surface area contributed by atoms with Crippen LogP contribution in [0.1, 0.15) is 0 Å².